The Morgan fingerprint density at radius 2 is 2.11 bits per heavy atom. The first kappa shape index (κ1) is 12.3. The van der Waals surface area contributed by atoms with Crippen molar-refractivity contribution in [2.45, 2.75) is 0 Å². The van der Waals surface area contributed by atoms with Crippen molar-refractivity contribution in [1.82, 2.24) is 9.97 Å². The molecule has 0 aliphatic rings. The molecule has 19 heavy (non-hydrogen) atoms. The molecule has 94 valence electrons. The molecular weight excluding hydrogens is 358 g/mol. The molecule has 3 aromatic rings. The van der Waals surface area contributed by atoms with Gasteiger partial charge in [0.25, 0.3) is 0 Å². The third-order valence-electron chi connectivity index (χ3n) is 2.90. The Kier molecular flexibility index (Phi) is 3.06. The van der Waals surface area contributed by atoms with E-state index in [1.807, 2.05) is 28.7 Å². The van der Waals surface area contributed by atoms with E-state index in [-0.39, 0.29) is 11.6 Å². The average Bonchev–Trinajstić information content (AvgIpc) is 2.82. The number of halogens is 2. The van der Waals surface area contributed by atoms with Crippen LogP contribution in [0.4, 0.5) is 4.39 Å². The molecule has 0 aliphatic carbocycles. The topological polar surface area (TPSA) is 45.8 Å². The van der Waals surface area contributed by atoms with Crippen LogP contribution in [0.5, 0.6) is 0 Å². The first-order chi connectivity index (χ1) is 9.16. The minimum absolute atomic E-state index is 0.136. The molecule has 0 radical (unpaired) electrons. The van der Waals surface area contributed by atoms with E-state index < -0.39 is 0 Å². The summed E-state index contributed by atoms with van der Waals surface area (Å²) < 4.78 is 13.7. The van der Waals surface area contributed by atoms with Gasteiger partial charge in [-0.3, -0.25) is 9.78 Å². The van der Waals surface area contributed by atoms with Crippen LogP contribution in [0.2, 0.25) is 0 Å². The van der Waals surface area contributed by atoms with Gasteiger partial charge in [-0.1, -0.05) is 0 Å². The van der Waals surface area contributed by atoms with Crippen molar-refractivity contribution in [2.24, 2.45) is 0 Å². The van der Waals surface area contributed by atoms with E-state index in [0.29, 0.717) is 14.7 Å². The minimum Gasteiger partial charge on any atom is -0.360 e. The monoisotopic (exact) mass is 366 g/mol. The predicted octanol–water partition coefficient (Wildman–Crippen LogP) is 3.54. The fourth-order valence-electron chi connectivity index (χ4n) is 1.97. The summed E-state index contributed by atoms with van der Waals surface area (Å²) in [4.78, 5) is 19.5. The maximum absolute atomic E-state index is 13.1. The number of pyridine rings is 1. The Hall–Kier alpha value is -1.76. The van der Waals surface area contributed by atoms with Crippen LogP contribution in [-0.4, -0.2) is 15.8 Å². The van der Waals surface area contributed by atoms with E-state index in [0.717, 1.165) is 10.9 Å². The molecule has 0 amide bonds. The molecule has 0 unspecified atom stereocenters. The van der Waals surface area contributed by atoms with Crippen molar-refractivity contribution in [2.75, 3.05) is 0 Å². The van der Waals surface area contributed by atoms with Gasteiger partial charge in [0.05, 0.1) is 0 Å². The normalized spacial score (nSPS) is 10.8. The maximum atomic E-state index is 13.1. The summed E-state index contributed by atoms with van der Waals surface area (Å²) in [6.07, 6.45) is 4.97. The quantitative estimate of drug-likeness (QED) is 0.557. The molecule has 2 aromatic heterocycles. The van der Waals surface area contributed by atoms with Gasteiger partial charge in [0.15, 0.2) is 5.78 Å². The molecule has 1 N–H and O–H groups in total. The second kappa shape index (κ2) is 4.73. The van der Waals surface area contributed by atoms with E-state index in [9.17, 15) is 9.18 Å². The number of fused-ring (bicyclic) bond motifs is 1. The zero-order valence-electron chi connectivity index (χ0n) is 9.65. The number of benzene rings is 1. The van der Waals surface area contributed by atoms with E-state index >= 15 is 0 Å². The number of hydrogen-bond acceptors (Lipinski definition) is 2. The fraction of sp³-hybridized carbons (Fsp3) is 0. The summed E-state index contributed by atoms with van der Waals surface area (Å²) in [5.74, 6) is -0.481. The first-order valence-corrected chi connectivity index (χ1v) is 6.65. The number of rotatable bonds is 2. The molecular formula is C14H8FIN2O. The van der Waals surface area contributed by atoms with Gasteiger partial charge in [-0.15, -0.1) is 0 Å². The summed E-state index contributed by atoms with van der Waals surface area (Å²) in [5, 5.41) is 0.771. The summed E-state index contributed by atoms with van der Waals surface area (Å²) in [6, 6.07) is 5.96. The van der Waals surface area contributed by atoms with Crippen molar-refractivity contribution in [3.63, 3.8) is 0 Å². The third kappa shape index (κ3) is 2.14. The van der Waals surface area contributed by atoms with Crippen LogP contribution < -0.4 is 0 Å². The van der Waals surface area contributed by atoms with Crippen molar-refractivity contribution < 1.29 is 9.18 Å². The molecule has 1 aromatic carbocycles. The molecule has 2 heterocycles. The van der Waals surface area contributed by atoms with Gasteiger partial charge < -0.3 is 4.98 Å². The van der Waals surface area contributed by atoms with E-state index in [1.165, 1.54) is 18.2 Å². The van der Waals surface area contributed by atoms with Crippen LogP contribution in [-0.2, 0) is 0 Å². The lowest BCUT2D eigenvalue weighted by atomic mass is 10.0. The number of aromatic nitrogens is 2. The average molecular weight is 366 g/mol. The van der Waals surface area contributed by atoms with Gasteiger partial charge in [0.1, 0.15) is 5.82 Å². The van der Waals surface area contributed by atoms with Gasteiger partial charge in [-0.05, 0) is 46.9 Å². The second-order valence-electron chi connectivity index (χ2n) is 4.08. The van der Waals surface area contributed by atoms with E-state index in [2.05, 4.69) is 9.97 Å². The first-order valence-electron chi connectivity index (χ1n) is 5.57. The Morgan fingerprint density at radius 1 is 1.26 bits per heavy atom. The predicted molar refractivity (Wildman–Crippen MR) is 78.6 cm³/mol. The summed E-state index contributed by atoms with van der Waals surface area (Å²) in [5.41, 5.74) is 1.90. The lowest BCUT2D eigenvalue weighted by Crippen LogP contribution is -2.03. The van der Waals surface area contributed by atoms with E-state index in [1.54, 1.807) is 18.6 Å². The van der Waals surface area contributed by atoms with Crippen molar-refractivity contribution in [3.05, 3.63) is 63.4 Å². The van der Waals surface area contributed by atoms with Crippen LogP contribution in [0, 0.1) is 9.39 Å². The Balaban J connectivity index is 2.13. The SMILES string of the molecule is O=C(c1ccc(F)cc1I)c1c[nH]c2ccncc12. The van der Waals surface area contributed by atoms with Crippen LogP contribution in [0.3, 0.4) is 0 Å². The number of nitrogens with zero attached hydrogens (tertiary/aromatic N) is 1. The van der Waals surface area contributed by atoms with Crippen molar-refractivity contribution in [3.8, 4) is 0 Å². The number of aromatic amines is 1. The lowest BCUT2D eigenvalue weighted by Gasteiger charge is -2.02. The zero-order valence-corrected chi connectivity index (χ0v) is 11.8. The Labute approximate surface area is 122 Å². The number of carbonyl (C=O) groups excluding carboxylic acids is 1. The molecule has 3 rings (SSSR count). The lowest BCUT2D eigenvalue weighted by molar-refractivity contribution is 0.103. The van der Waals surface area contributed by atoms with Gasteiger partial charge in [-0.25, -0.2) is 4.39 Å². The smallest absolute Gasteiger partial charge is 0.196 e. The largest absolute Gasteiger partial charge is 0.360 e. The molecule has 0 saturated carbocycles. The summed E-state index contributed by atoms with van der Waals surface area (Å²) in [6.45, 7) is 0. The highest BCUT2D eigenvalue weighted by Gasteiger charge is 2.16. The number of hydrogen-bond donors (Lipinski definition) is 1. The summed E-state index contributed by atoms with van der Waals surface area (Å²) in [7, 11) is 0. The molecule has 0 fully saturated rings. The number of ketones is 1. The highest BCUT2D eigenvalue weighted by Crippen LogP contribution is 2.23. The van der Waals surface area contributed by atoms with E-state index in [4.69, 9.17) is 0 Å². The highest BCUT2D eigenvalue weighted by atomic mass is 127. The van der Waals surface area contributed by atoms with Crippen molar-refractivity contribution >= 4 is 39.3 Å². The third-order valence-corrected chi connectivity index (χ3v) is 3.80. The van der Waals surface area contributed by atoms with Gasteiger partial charge >= 0.3 is 0 Å². The minimum atomic E-state index is -0.346. The molecule has 0 saturated heterocycles. The molecule has 0 spiro atoms. The number of nitrogens with one attached hydrogen (secondary N) is 1. The number of carbonyl (C=O) groups is 1. The second-order valence-corrected chi connectivity index (χ2v) is 5.24. The Morgan fingerprint density at radius 3 is 2.89 bits per heavy atom. The maximum Gasteiger partial charge on any atom is 0.196 e. The molecule has 3 nitrogen and oxygen atoms in total. The molecule has 0 aliphatic heterocycles. The van der Waals surface area contributed by atoms with Gasteiger partial charge in [-0.2, -0.15) is 0 Å². The van der Waals surface area contributed by atoms with Gasteiger partial charge in [0, 0.05) is 44.2 Å². The van der Waals surface area contributed by atoms with Crippen molar-refractivity contribution in [1.29, 1.82) is 0 Å². The summed E-state index contributed by atoms with van der Waals surface area (Å²) >= 11 is 1.96. The van der Waals surface area contributed by atoms with Gasteiger partial charge in [0.2, 0.25) is 0 Å². The molecule has 5 heteroatoms. The standard InChI is InChI=1S/C14H8FIN2O/c15-8-1-2-9(12(16)5-8)14(19)11-7-18-13-3-4-17-6-10(11)13/h1-7,18H. The zero-order chi connectivity index (χ0) is 13.4. The Bertz CT molecular complexity index is 782. The number of H-pyrrole nitrogens is 1. The van der Waals surface area contributed by atoms with Crippen LogP contribution in [0.25, 0.3) is 10.9 Å². The molecule has 0 atom stereocenters. The molecule has 0 bridgehead atoms. The van der Waals surface area contributed by atoms with Crippen LogP contribution >= 0.6 is 22.6 Å². The fourth-order valence-corrected chi connectivity index (χ4v) is 2.69. The van der Waals surface area contributed by atoms with Crippen LogP contribution in [0.15, 0.2) is 42.9 Å². The highest BCUT2D eigenvalue weighted by molar-refractivity contribution is 14.1. The van der Waals surface area contributed by atoms with Crippen LogP contribution in [0.1, 0.15) is 15.9 Å².